The summed E-state index contributed by atoms with van der Waals surface area (Å²) in [5, 5.41) is 0. The molecule has 5 heteroatoms. The van der Waals surface area contributed by atoms with Gasteiger partial charge < -0.3 is 4.74 Å². The van der Waals surface area contributed by atoms with Crippen molar-refractivity contribution in [1.29, 1.82) is 0 Å². The molecule has 0 radical (unpaired) electrons. The van der Waals surface area contributed by atoms with E-state index in [0.717, 1.165) is 5.56 Å². The molecule has 1 heterocycles. The van der Waals surface area contributed by atoms with E-state index in [9.17, 15) is 4.79 Å². The van der Waals surface area contributed by atoms with Gasteiger partial charge in [-0.05, 0) is 6.07 Å². The molecule has 0 aliphatic rings. The van der Waals surface area contributed by atoms with Gasteiger partial charge in [0.15, 0.2) is 0 Å². The van der Waals surface area contributed by atoms with Gasteiger partial charge in [-0.3, -0.25) is 4.98 Å². The van der Waals surface area contributed by atoms with Crippen molar-refractivity contribution in [1.82, 2.24) is 4.98 Å². The van der Waals surface area contributed by atoms with E-state index < -0.39 is 0 Å². The van der Waals surface area contributed by atoms with Gasteiger partial charge in [-0.2, -0.15) is 0 Å². The first kappa shape index (κ1) is 10.7. The molecule has 0 unspecified atom stereocenters. The molecule has 0 aromatic carbocycles. The van der Waals surface area contributed by atoms with Crippen molar-refractivity contribution in [2.75, 3.05) is 7.11 Å². The first-order valence-electron chi connectivity index (χ1n) is 3.47. The van der Waals surface area contributed by atoms with Crippen LogP contribution in [0.15, 0.2) is 18.5 Å². The van der Waals surface area contributed by atoms with E-state index in [1.807, 2.05) is 0 Å². The number of aromatic nitrogens is 1. The lowest BCUT2D eigenvalue weighted by molar-refractivity contribution is 0.0599. The Morgan fingerprint density at radius 3 is 2.85 bits per heavy atom. The quantitative estimate of drug-likeness (QED) is 0.623. The molecule has 0 saturated carbocycles. The molecule has 0 N–H and O–H groups in total. The number of carbonyl (C=O) groups is 1. The van der Waals surface area contributed by atoms with Crippen molar-refractivity contribution < 1.29 is 9.53 Å². The van der Waals surface area contributed by atoms with Crippen LogP contribution in [0.4, 0.5) is 0 Å². The van der Waals surface area contributed by atoms with Crippen molar-refractivity contribution in [3.05, 3.63) is 29.6 Å². The highest BCUT2D eigenvalue weighted by atomic mass is 79.9. The third-order valence-corrected chi connectivity index (χ3v) is 2.48. The number of halogens is 2. The van der Waals surface area contributed by atoms with Crippen LogP contribution in [0.2, 0.25) is 0 Å². The maximum Gasteiger partial charge on any atom is 0.338 e. The highest BCUT2D eigenvalue weighted by Crippen LogP contribution is 2.31. The standard InChI is InChI=1S/C8H7Br2NO2/c1-13-8(12)5-2-3-11-4-6(5)7(9)10/h2-4,7H,1H3. The number of nitrogens with zero attached hydrogens (tertiary/aromatic N) is 1. The minimum atomic E-state index is -0.360. The van der Waals surface area contributed by atoms with E-state index in [2.05, 4.69) is 41.6 Å². The lowest BCUT2D eigenvalue weighted by atomic mass is 10.2. The normalized spacial score (nSPS) is 10.2. The van der Waals surface area contributed by atoms with E-state index in [-0.39, 0.29) is 9.71 Å². The Morgan fingerprint density at radius 2 is 2.31 bits per heavy atom. The molecular weight excluding hydrogens is 302 g/mol. The van der Waals surface area contributed by atoms with Crippen molar-refractivity contribution in [3.63, 3.8) is 0 Å². The zero-order chi connectivity index (χ0) is 9.84. The van der Waals surface area contributed by atoms with Crippen LogP contribution in [-0.4, -0.2) is 18.1 Å². The molecular formula is C8H7Br2NO2. The summed E-state index contributed by atoms with van der Waals surface area (Å²) in [4.78, 5) is 15.2. The van der Waals surface area contributed by atoms with Gasteiger partial charge in [0.1, 0.15) is 0 Å². The molecule has 13 heavy (non-hydrogen) atoms. The van der Waals surface area contributed by atoms with Crippen LogP contribution in [0.5, 0.6) is 0 Å². The third-order valence-electron chi connectivity index (χ3n) is 1.49. The number of pyridine rings is 1. The molecule has 3 nitrogen and oxygen atoms in total. The zero-order valence-electron chi connectivity index (χ0n) is 6.83. The van der Waals surface area contributed by atoms with Crippen LogP contribution in [0, 0.1) is 0 Å². The van der Waals surface area contributed by atoms with Crippen LogP contribution < -0.4 is 0 Å². The largest absolute Gasteiger partial charge is 0.465 e. The summed E-state index contributed by atoms with van der Waals surface area (Å²) >= 11 is 6.60. The summed E-state index contributed by atoms with van der Waals surface area (Å²) < 4.78 is 4.52. The number of carbonyl (C=O) groups excluding carboxylic acids is 1. The first-order chi connectivity index (χ1) is 6.16. The number of hydrogen-bond acceptors (Lipinski definition) is 3. The highest BCUT2D eigenvalue weighted by Gasteiger charge is 2.15. The minimum Gasteiger partial charge on any atom is -0.465 e. The zero-order valence-corrected chi connectivity index (χ0v) is 10.0. The average molecular weight is 309 g/mol. The minimum absolute atomic E-state index is 0.0946. The Kier molecular flexibility index (Phi) is 3.87. The molecule has 70 valence electrons. The van der Waals surface area contributed by atoms with Crippen molar-refractivity contribution in [3.8, 4) is 0 Å². The number of rotatable bonds is 2. The molecule has 0 aliphatic heterocycles. The first-order valence-corrected chi connectivity index (χ1v) is 5.30. The predicted molar refractivity (Wildman–Crippen MR) is 56.2 cm³/mol. The SMILES string of the molecule is COC(=O)c1ccncc1C(Br)Br. The van der Waals surface area contributed by atoms with Crippen LogP contribution in [0.3, 0.4) is 0 Å². The Balaban J connectivity index is 3.12. The van der Waals surface area contributed by atoms with Crippen LogP contribution in [0.1, 0.15) is 19.7 Å². The lowest BCUT2D eigenvalue weighted by Gasteiger charge is -2.06. The molecule has 1 rings (SSSR count). The summed E-state index contributed by atoms with van der Waals surface area (Å²) in [5.41, 5.74) is 1.27. The molecule has 0 bridgehead atoms. The van der Waals surface area contributed by atoms with Gasteiger partial charge in [0.05, 0.1) is 16.4 Å². The maximum atomic E-state index is 11.2. The van der Waals surface area contributed by atoms with Crippen molar-refractivity contribution in [2.24, 2.45) is 0 Å². The van der Waals surface area contributed by atoms with Crippen LogP contribution >= 0.6 is 31.9 Å². The van der Waals surface area contributed by atoms with E-state index >= 15 is 0 Å². The van der Waals surface area contributed by atoms with E-state index in [4.69, 9.17) is 0 Å². The fourth-order valence-corrected chi connectivity index (χ4v) is 1.61. The highest BCUT2D eigenvalue weighted by molar-refractivity contribution is 9.24. The van der Waals surface area contributed by atoms with Gasteiger partial charge in [-0.15, -0.1) is 0 Å². The van der Waals surface area contributed by atoms with Gasteiger partial charge in [0, 0.05) is 18.0 Å². The van der Waals surface area contributed by atoms with Crippen molar-refractivity contribution >= 4 is 37.8 Å². The number of ether oxygens (including phenoxy) is 1. The fourth-order valence-electron chi connectivity index (χ4n) is 0.876. The molecule has 1 aromatic rings. The average Bonchev–Trinajstić information content (AvgIpc) is 2.16. The molecule has 0 amide bonds. The molecule has 0 atom stereocenters. The maximum absolute atomic E-state index is 11.2. The summed E-state index contributed by atoms with van der Waals surface area (Å²) in [7, 11) is 1.35. The number of esters is 1. The molecule has 0 aliphatic carbocycles. The van der Waals surface area contributed by atoms with Gasteiger partial charge in [0.25, 0.3) is 0 Å². The van der Waals surface area contributed by atoms with Crippen molar-refractivity contribution in [2.45, 2.75) is 3.74 Å². The summed E-state index contributed by atoms with van der Waals surface area (Å²) in [6.45, 7) is 0. The Hall–Kier alpha value is -0.420. The molecule has 1 aromatic heterocycles. The second-order valence-corrected chi connectivity index (χ2v) is 5.32. The number of alkyl halides is 2. The third kappa shape index (κ3) is 2.51. The summed E-state index contributed by atoms with van der Waals surface area (Å²) in [6, 6.07) is 1.62. The van der Waals surface area contributed by atoms with Gasteiger partial charge >= 0.3 is 5.97 Å². The second kappa shape index (κ2) is 4.72. The van der Waals surface area contributed by atoms with Crippen LogP contribution in [-0.2, 0) is 4.74 Å². The summed E-state index contributed by atoms with van der Waals surface area (Å²) in [5.74, 6) is -0.360. The van der Waals surface area contributed by atoms with Gasteiger partial charge in [-0.1, -0.05) is 31.9 Å². The molecule has 0 spiro atoms. The fraction of sp³-hybridized carbons (Fsp3) is 0.250. The van der Waals surface area contributed by atoms with E-state index in [0.29, 0.717) is 5.56 Å². The van der Waals surface area contributed by atoms with Crippen LogP contribution in [0.25, 0.3) is 0 Å². The number of hydrogen-bond donors (Lipinski definition) is 0. The molecule has 0 fully saturated rings. The topological polar surface area (TPSA) is 39.2 Å². The Bertz CT molecular complexity index is 315. The van der Waals surface area contributed by atoms with E-state index in [1.54, 1.807) is 18.5 Å². The second-order valence-electron chi connectivity index (χ2n) is 2.26. The lowest BCUT2D eigenvalue weighted by Crippen LogP contribution is -2.05. The smallest absolute Gasteiger partial charge is 0.338 e. The Morgan fingerprint density at radius 1 is 1.62 bits per heavy atom. The number of methoxy groups -OCH3 is 1. The Labute approximate surface area is 92.8 Å². The monoisotopic (exact) mass is 307 g/mol. The summed E-state index contributed by atoms with van der Waals surface area (Å²) in [6.07, 6.45) is 3.17. The van der Waals surface area contributed by atoms with Gasteiger partial charge in [0.2, 0.25) is 0 Å². The van der Waals surface area contributed by atoms with E-state index in [1.165, 1.54) is 7.11 Å². The molecule has 0 saturated heterocycles. The predicted octanol–water partition coefficient (Wildman–Crippen LogP) is 2.66. The van der Waals surface area contributed by atoms with Gasteiger partial charge in [-0.25, -0.2) is 4.79 Å².